The lowest BCUT2D eigenvalue weighted by molar-refractivity contribution is 0.753. The standard InChI is InChI=1S/C40H40N5P/c1-26-6-8-29(9-7-26)16-18-42-17-4-5-32-20-35-34(28(3)43-24-31-12-10-30(23-41)11-13-31)22-40(45-39(35)19-27(32)2)37-25-44-38-15-14-33(46)21-36(37)38/h6-15,19-22,25,42-44H,3,16-18,23-24,41,46H2,1-2H3. The van der Waals surface area contributed by atoms with Gasteiger partial charge in [0.1, 0.15) is 0 Å². The third-order valence-corrected chi connectivity index (χ3v) is 8.73. The van der Waals surface area contributed by atoms with Gasteiger partial charge >= 0.3 is 0 Å². The lowest BCUT2D eigenvalue weighted by atomic mass is 9.98. The summed E-state index contributed by atoms with van der Waals surface area (Å²) in [7, 11) is 2.79. The highest BCUT2D eigenvalue weighted by Crippen LogP contribution is 2.33. The first-order valence-electron chi connectivity index (χ1n) is 15.7. The number of rotatable bonds is 10. The molecular weight excluding hydrogens is 581 g/mol. The van der Waals surface area contributed by atoms with Gasteiger partial charge in [-0.25, -0.2) is 4.98 Å². The molecule has 0 saturated heterocycles. The van der Waals surface area contributed by atoms with Crippen LogP contribution in [0.4, 0.5) is 0 Å². The molecule has 6 heteroatoms. The fourth-order valence-electron chi connectivity index (χ4n) is 5.62. The van der Waals surface area contributed by atoms with E-state index in [0.29, 0.717) is 19.6 Å². The molecule has 2 aromatic heterocycles. The van der Waals surface area contributed by atoms with Crippen molar-refractivity contribution < 1.29 is 0 Å². The van der Waals surface area contributed by atoms with Gasteiger partial charge in [0, 0.05) is 64.5 Å². The molecular formula is C40H40N5P. The zero-order chi connectivity index (χ0) is 32.0. The molecule has 2 heterocycles. The Morgan fingerprint density at radius 2 is 1.67 bits per heavy atom. The predicted octanol–water partition coefficient (Wildman–Crippen LogP) is 6.90. The number of hydrogen-bond donors (Lipinski definition) is 4. The van der Waals surface area contributed by atoms with Crippen LogP contribution >= 0.6 is 9.24 Å². The Morgan fingerprint density at radius 1 is 0.913 bits per heavy atom. The highest BCUT2D eigenvalue weighted by atomic mass is 31.0. The van der Waals surface area contributed by atoms with Gasteiger partial charge in [-0.1, -0.05) is 78.6 Å². The number of fused-ring (bicyclic) bond motifs is 2. The number of hydrogen-bond acceptors (Lipinski definition) is 4. The minimum absolute atomic E-state index is 0.534. The maximum atomic E-state index is 5.80. The van der Waals surface area contributed by atoms with Crippen molar-refractivity contribution in [3.05, 3.63) is 137 Å². The fourth-order valence-corrected chi connectivity index (χ4v) is 5.89. The Hall–Kier alpha value is -4.72. The lowest BCUT2D eigenvalue weighted by Crippen LogP contribution is -2.17. The van der Waals surface area contributed by atoms with Crippen LogP contribution in [0, 0.1) is 25.7 Å². The van der Waals surface area contributed by atoms with Crippen LogP contribution < -0.4 is 21.7 Å². The summed E-state index contributed by atoms with van der Waals surface area (Å²) in [5.41, 5.74) is 18.6. The number of aromatic nitrogens is 2. The van der Waals surface area contributed by atoms with Crippen LogP contribution in [0.25, 0.3) is 38.8 Å². The maximum absolute atomic E-state index is 5.80. The Morgan fingerprint density at radius 3 is 2.46 bits per heavy atom. The number of nitrogens with two attached hydrogens (primary N) is 1. The molecule has 0 aliphatic heterocycles. The zero-order valence-corrected chi connectivity index (χ0v) is 27.7. The van der Waals surface area contributed by atoms with Crippen LogP contribution in [0.5, 0.6) is 0 Å². The van der Waals surface area contributed by atoms with Gasteiger partial charge in [-0.15, -0.1) is 9.24 Å². The van der Waals surface area contributed by atoms with Gasteiger partial charge in [0.05, 0.1) is 17.8 Å². The Balaban J connectivity index is 1.29. The predicted molar refractivity (Wildman–Crippen MR) is 198 cm³/mol. The van der Waals surface area contributed by atoms with Crippen molar-refractivity contribution in [2.45, 2.75) is 33.4 Å². The smallest absolute Gasteiger partial charge is 0.0737 e. The summed E-state index contributed by atoms with van der Waals surface area (Å²) in [5.74, 6) is 6.74. The second kappa shape index (κ2) is 14.1. The second-order valence-corrected chi connectivity index (χ2v) is 12.5. The Bertz CT molecular complexity index is 2080. The molecule has 5 N–H and O–H groups in total. The van der Waals surface area contributed by atoms with Crippen LogP contribution in [-0.2, 0) is 19.5 Å². The first-order valence-corrected chi connectivity index (χ1v) is 16.2. The van der Waals surface area contributed by atoms with Crippen LogP contribution in [-0.4, -0.2) is 23.1 Å². The summed E-state index contributed by atoms with van der Waals surface area (Å²) >= 11 is 0. The molecule has 0 aliphatic rings. The molecule has 4 aromatic carbocycles. The normalized spacial score (nSPS) is 11.0. The van der Waals surface area contributed by atoms with Crippen LogP contribution in [0.2, 0.25) is 0 Å². The van der Waals surface area contributed by atoms with Crippen molar-refractivity contribution in [1.82, 2.24) is 20.6 Å². The van der Waals surface area contributed by atoms with Gasteiger partial charge in [-0.3, -0.25) is 0 Å². The van der Waals surface area contributed by atoms with E-state index >= 15 is 0 Å². The molecule has 0 bridgehead atoms. The highest BCUT2D eigenvalue weighted by molar-refractivity contribution is 7.27. The summed E-state index contributed by atoms with van der Waals surface area (Å²) in [6, 6.07) is 29.9. The van der Waals surface area contributed by atoms with E-state index in [1.54, 1.807) is 0 Å². The third-order valence-electron chi connectivity index (χ3n) is 8.37. The molecule has 6 aromatic rings. The molecule has 0 fully saturated rings. The second-order valence-electron chi connectivity index (χ2n) is 11.8. The van der Waals surface area contributed by atoms with Gasteiger partial charge in [0.25, 0.3) is 0 Å². The fraction of sp³-hybridized carbons (Fsp3) is 0.175. The SMILES string of the molecule is C=C(NCc1ccc(CN)cc1)c1cc(-c2c[nH]c3ccc(P)cc23)nc2cc(C)c(C#CCNCCc3ccc(C)cc3)cc12. The summed E-state index contributed by atoms with van der Waals surface area (Å²) < 4.78 is 0. The molecule has 5 nitrogen and oxygen atoms in total. The molecule has 46 heavy (non-hydrogen) atoms. The first kappa shape index (κ1) is 31.3. The lowest BCUT2D eigenvalue weighted by Gasteiger charge is -2.15. The molecule has 0 aliphatic carbocycles. The summed E-state index contributed by atoms with van der Waals surface area (Å²) in [4.78, 5) is 8.58. The number of aryl methyl sites for hydroxylation is 2. The molecule has 0 amide bonds. The molecule has 0 spiro atoms. The molecule has 1 unspecified atom stereocenters. The molecule has 0 radical (unpaired) electrons. The number of pyridine rings is 1. The average Bonchev–Trinajstić information content (AvgIpc) is 3.49. The van der Waals surface area contributed by atoms with E-state index in [2.05, 4.69) is 142 Å². The van der Waals surface area contributed by atoms with E-state index in [0.717, 1.165) is 79.3 Å². The Kier molecular flexibility index (Phi) is 9.62. The van der Waals surface area contributed by atoms with Crippen LogP contribution in [0.3, 0.4) is 0 Å². The van der Waals surface area contributed by atoms with Crippen molar-refractivity contribution in [1.29, 1.82) is 0 Å². The zero-order valence-electron chi connectivity index (χ0n) is 26.5. The Labute approximate surface area is 273 Å². The molecule has 0 saturated carbocycles. The van der Waals surface area contributed by atoms with Gasteiger partial charge in [0.15, 0.2) is 0 Å². The summed E-state index contributed by atoms with van der Waals surface area (Å²) in [5, 5.41) is 10.3. The number of nitrogens with one attached hydrogen (secondary N) is 3. The minimum Gasteiger partial charge on any atom is -0.381 e. The summed E-state index contributed by atoms with van der Waals surface area (Å²) in [6.45, 7) is 11.4. The van der Waals surface area contributed by atoms with Gasteiger partial charge in [0.2, 0.25) is 0 Å². The first-order chi connectivity index (χ1) is 22.4. The maximum Gasteiger partial charge on any atom is 0.0737 e. The van der Waals surface area contributed by atoms with E-state index < -0.39 is 0 Å². The van der Waals surface area contributed by atoms with E-state index in [9.17, 15) is 0 Å². The van der Waals surface area contributed by atoms with Gasteiger partial charge in [-0.2, -0.15) is 0 Å². The minimum atomic E-state index is 0.534. The van der Waals surface area contributed by atoms with Crippen molar-refractivity contribution in [3.8, 4) is 23.1 Å². The molecule has 230 valence electrons. The topological polar surface area (TPSA) is 78.8 Å². The number of benzene rings is 4. The monoisotopic (exact) mass is 621 g/mol. The number of H-pyrrole nitrogens is 1. The van der Waals surface area contributed by atoms with E-state index in [-0.39, 0.29) is 0 Å². The average molecular weight is 622 g/mol. The van der Waals surface area contributed by atoms with Crippen molar-refractivity contribution >= 4 is 42.0 Å². The van der Waals surface area contributed by atoms with Crippen LogP contribution in [0.1, 0.15) is 38.9 Å². The quantitative estimate of drug-likeness (QED) is 0.0762. The number of aromatic amines is 1. The van der Waals surface area contributed by atoms with Gasteiger partial charge in [-0.05, 0) is 78.2 Å². The highest BCUT2D eigenvalue weighted by Gasteiger charge is 2.15. The number of nitrogens with zero attached hydrogens (tertiary/aromatic N) is 1. The van der Waals surface area contributed by atoms with E-state index in [4.69, 9.17) is 10.7 Å². The van der Waals surface area contributed by atoms with Crippen molar-refractivity contribution in [2.75, 3.05) is 13.1 Å². The van der Waals surface area contributed by atoms with Crippen molar-refractivity contribution in [2.24, 2.45) is 5.73 Å². The van der Waals surface area contributed by atoms with Crippen molar-refractivity contribution in [3.63, 3.8) is 0 Å². The summed E-state index contributed by atoms with van der Waals surface area (Å²) in [6.07, 6.45) is 3.02. The van der Waals surface area contributed by atoms with Crippen LogP contribution in [0.15, 0.2) is 97.7 Å². The third kappa shape index (κ3) is 7.22. The molecule has 1 atom stereocenters. The van der Waals surface area contributed by atoms with Gasteiger partial charge < -0.3 is 21.4 Å². The molecule has 6 rings (SSSR count). The van der Waals surface area contributed by atoms with E-state index in [1.807, 2.05) is 6.20 Å². The largest absolute Gasteiger partial charge is 0.381 e. The van der Waals surface area contributed by atoms with E-state index in [1.165, 1.54) is 16.7 Å².